The van der Waals surface area contributed by atoms with E-state index in [1.807, 2.05) is 0 Å². The predicted octanol–water partition coefficient (Wildman–Crippen LogP) is 10.7. The van der Waals surface area contributed by atoms with Gasteiger partial charge in [0.25, 0.3) is 0 Å². The van der Waals surface area contributed by atoms with Gasteiger partial charge in [0.2, 0.25) is 0 Å². The molecule has 0 unspecified atom stereocenters. The Balaban J connectivity index is 3.55. The van der Waals surface area contributed by atoms with Gasteiger partial charge in [-0.05, 0) is 0 Å². The molecule has 0 aliphatic carbocycles. The Kier molecular flexibility index (Phi) is 14.9. The molecule has 0 radical (unpaired) electrons. The third-order valence-electron chi connectivity index (χ3n) is 8.03. The Morgan fingerprint density at radius 3 is 1.55 bits per heavy atom. The third-order valence-corrected chi connectivity index (χ3v) is 30.0. The van der Waals surface area contributed by atoms with Crippen LogP contribution in [0.1, 0.15) is 106 Å². The van der Waals surface area contributed by atoms with Crippen molar-refractivity contribution < 1.29 is 4.43 Å². The summed E-state index contributed by atoms with van der Waals surface area (Å²) in [4.78, 5) is 0. The van der Waals surface area contributed by atoms with Crippen LogP contribution in [0.15, 0.2) is 33.9 Å². The number of hydrogen-bond acceptors (Lipinski definition) is 1. The molecule has 1 nitrogen and oxygen atoms in total. The molecule has 1 aromatic carbocycles. The molecular weight excluding hydrogens is 523 g/mol. The van der Waals surface area contributed by atoms with Crippen LogP contribution in [-0.4, -0.2) is 33.3 Å². The van der Waals surface area contributed by atoms with Gasteiger partial charge in [0.05, 0.1) is 0 Å². The second kappa shape index (κ2) is 15.8. The summed E-state index contributed by atoms with van der Waals surface area (Å²) in [7, 11) is -1.89. The minimum absolute atomic E-state index is 0.641. The van der Waals surface area contributed by atoms with Gasteiger partial charge in [0.1, 0.15) is 0 Å². The zero-order valence-corrected chi connectivity index (χ0v) is 27.5. The van der Waals surface area contributed by atoms with Crippen molar-refractivity contribution in [2.24, 2.45) is 0 Å². The van der Waals surface area contributed by atoms with Crippen molar-refractivity contribution in [3.63, 3.8) is 0 Å². The minimum atomic E-state index is -2.58. The third kappa shape index (κ3) is 8.83. The van der Waals surface area contributed by atoms with E-state index in [0.29, 0.717) is 16.6 Å². The first-order valence-corrected chi connectivity index (χ1v) is 23.7. The van der Waals surface area contributed by atoms with Gasteiger partial charge in [-0.2, -0.15) is 0 Å². The van der Waals surface area contributed by atoms with E-state index in [0.717, 1.165) is 6.61 Å². The molecule has 0 saturated carbocycles. The molecule has 0 aliphatic rings. The second-order valence-electron chi connectivity index (χ2n) is 11.3. The van der Waals surface area contributed by atoms with E-state index >= 15 is 0 Å². The van der Waals surface area contributed by atoms with Crippen LogP contribution in [0.3, 0.4) is 0 Å². The average Bonchev–Trinajstić information content (AvgIpc) is 2.78. The van der Waals surface area contributed by atoms with Crippen molar-refractivity contribution in [3.8, 4) is 0 Å². The van der Waals surface area contributed by atoms with Crippen molar-refractivity contribution in [1.29, 1.82) is 0 Å². The first kappa shape index (κ1) is 31.0. The summed E-state index contributed by atoms with van der Waals surface area (Å²) in [5.41, 5.74) is 3.30. The van der Waals surface area contributed by atoms with E-state index in [-0.39, 0.29) is 0 Å². The van der Waals surface area contributed by atoms with E-state index in [2.05, 4.69) is 98.7 Å². The van der Waals surface area contributed by atoms with Gasteiger partial charge in [-0.15, -0.1) is 0 Å². The molecule has 0 fully saturated rings. The summed E-state index contributed by atoms with van der Waals surface area (Å²) in [6.45, 7) is 22.6. The fourth-order valence-corrected chi connectivity index (χ4v) is 28.2. The van der Waals surface area contributed by atoms with Crippen molar-refractivity contribution in [1.82, 2.24) is 0 Å². The number of benzene rings is 1. The quantitative estimate of drug-likeness (QED) is 0.167. The molecule has 0 saturated heterocycles. The molecule has 1 aromatic rings. The number of hydrogen-bond donors (Lipinski definition) is 0. The Bertz CT molecular complexity index is 622. The molecule has 33 heavy (non-hydrogen) atoms. The maximum atomic E-state index is 7.32. The van der Waals surface area contributed by atoms with Gasteiger partial charge in [-0.1, -0.05) is 0 Å². The van der Waals surface area contributed by atoms with Crippen LogP contribution in [0.2, 0.25) is 29.9 Å². The predicted molar refractivity (Wildman–Crippen MR) is 156 cm³/mol. The molecule has 3 heteroatoms. The Hall–Kier alpha value is -0.0644. The average molecular weight is 580 g/mol. The van der Waals surface area contributed by atoms with Crippen LogP contribution in [0.4, 0.5) is 0 Å². The standard InChI is InChI=1S/C18H29OSi.3C4H9.Sn/c1-15(2)20(16(3)4,17(5)6)19-14-10-13-18-11-8-7-9-12-18;3*1-3-4-2;/h7-9,11-13,15-17H,14H2,1-6H3;3*1,3-4H2,2H3;. The van der Waals surface area contributed by atoms with Crippen molar-refractivity contribution >= 4 is 32.8 Å². The molecule has 0 aliphatic heterocycles. The fraction of sp³-hybridized carbons (Fsp3) is 0.733. The molecule has 0 spiro atoms. The van der Waals surface area contributed by atoms with Crippen LogP contribution in [-0.2, 0) is 4.43 Å². The molecule has 0 aromatic heterocycles. The summed E-state index contributed by atoms with van der Waals surface area (Å²) in [6.07, 6.45) is 10.8. The number of rotatable bonds is 17. The van der Waals surface area contributed by atoms with Gasteiger partial charge in [0, 0.05) is 0 Å². The topological polar surface area (TPSA) is 9.23 Å². The SMILES string of the molecule is CCC[CH2][Sn]([CH2]CCC)([CH2]CCC)/[C](=C\c1ccccc1)CO[Si](C(C)C)(C(C)C)C(C)C. The van der Waals surface area contributed by atoms with E-state index in [9.17, 15) is 0 Å². The Labute approximate surface area is 213 Å². The summed E-state index contributed by atoms with van der Waals surface area (Å²) in [5.74, 6) is 0. The summed E-state index contributed by atoms with van der Waals surface area (Å²) in [6, 6.07) is 11.1. The van der Waals surface area contributed by atoms with Gasteiger partial charge in [-0.3, -0.25) is 0 Å². The molecule has 0 N–H and O–H groups in total. The molecule has 1 rings (SSSR count). The van der Waals surface area contributed by atoms with Crippen LogP contribution in [0, 0.1) is 0 Å². The first-order valence-electron chi connectivity index (χ1n) is 14.1. The molecule has 0 heterocycles. The summed E-state index contributed by atoms with van der Waals surface area (Å²) in [5, 5.41) is 0. The van der Waals surface area contributed by atoms with Crippen molar-refractivity contribution in [3.05, 3.63) is 39.5 Å². The van der Waals surface area contributed by atoms with Gasteiger partial charge in [-0.25, -0.2) is 0 Å². The maximum absolute atomic E-state index is 7.32. The van der Waals surface area contributed by atoms with Crippen LogP contribution in [0.25, 0.3) is 6.08 Å². The zero-order chi connectivity index (χ0) is 24.9. The summed E-state index contributed by atoms with van der Waals surface area (Å²) >= 11 is -2.58. The van der Waals surface area contributed by atoms with Gasteiger partial charge in [0.15, 0.2) is 0 Å². The summed E-state index contributed by atoms with van der Waals surface area (Å²) < 4.78 is 13.6. The van der Waals surface area contributed by atoms with E-state index in [1.54, 1.807) is 3.59 Å². The van der Waals surface area contributed by atoms with Crippen LogP contribution >= 0.6 is 0 Å². The number of unbranched alkanes of at least 4 members (excludes halogenated alkanes) is 3. The normalized spacial score (nSPS) is 13.5. The van der Waals surface area contributed by atoms with Crippen LogP contribution in [0.5, 0.6) is 0 Å². The van der Waals surface area contributed by atoms with Crippen molar-refractivity contribution in [2.75, 3.05) is 6.61 Å². The molecular formula is C30H56OSiSn. The van der Waals surface area contributed by atoms with Gasteiger partial charge >= 0.3 is 214 Å². The molecule has 0 atom stereocenters. The second-order valence-corrected chi connectivity index (χ2v) is 30.2. The van der Waals surface area contributed by atoms with E-state index in [4.69, 9.17) is 4.43 Å². The monoisotopic (exact) mass is 580 g/mol. The Morgan fingerprint density at radius 2 is 1.18 bits per heavy atom. The van der Waals surface area contributed by atoms with E-state index in [1.165, 1.54) is 57.4 Å². The van der Waals surface area contributed by atoms with Crippen molar-refractivity contribution in [2.45, 2.75) is 131 Å². The van der Waals surface area contributed by atoms with Gasteiger partial charge < -0.3 is 0 Å². The van der Waals surface area contributed by atoms with Crippen LogP contribution < -0.4 is 0 Å². The molecule has 0 amide bonds. The fourth-order valence-electron chi connectivity index (χ4n) is 6.20. The molecule has 0 bridgehead atoms. The first-order chi connectivity index (χ1) is 15.7. The zero-order valence-electron chi connectivity index (χ0n) is 23.7. The Morgan fingerprint density at radius 1 is 0.758 bits per heavy atom. The van der Waals surface area contributed by atoms with E-state index < -0.39 is 26.7 Å². The molecule has 190 valence electrons.